The molecule has 5 nitrogen and oxygen atoms in total. The zero-order chi connectivity index (χ0) is 14.3. The summed E-state index contributed by atoms with van der Waals surface area (Å²) in [6.07, 6.45) is 4.96. The van der Waals surface area contributed by atoms with E-state index in [4.69, 9.17) is 0 Å². The van der Waals surface area contributed by atoms with Crippen molar-refractivity contribution in [2.24, 2.45) is 5.92 Å². The molecular formula is C12H21N3O2S2. The van der Waals surface area contributed by atoms with Gasteiger partial charge in [0.05, 0.1) is 5.69 Å². The van der Waals surface area contributed by atoms with E-state index in [1.165, 1.54) is 6.20 Å². The lowest BCUT2D eigenvalue weighted by Gasteiger charge is -2.14. The Bertz CT molecular complexity index is 492. The summed E-state index contributed by atoms with van der Waals surface area (Å²) in [6.45, 7) is 5.04. The van der Waals surface area contributed by atoms with Crippen LogP contribution < -0.4 is 10.0 Å². The van der Waals surface area contributed by atoms with Gasteiger partial charge in [-0.3, -0.25) is 4.98 Å². The van der Waals surface area contributed by atoms with Crippen molar-refractivity contribution in [1.29, 1.82) is 0 Å². The Morgan fingerprint density at radius 2 is 2.21 bits per heavy atom. The van der Waals surface area contributed by atoms with Crippen molar-refractivity contribution in [2.45, 2.75) is 18.7 Å². The fraction of sp³-hybridized carbons (Fsp3) is 0.583. The number of anilines is 1. The Kier molecular flexibility index (Phi) is 6.60. The third-order valence-corrected chi connectivity index (χ3v) is 4.87. The van der Waals surface area contributed by atoms with Gasteiger partial charge < -0.3 is 5.32 Å². The SMILES string of the molecule is CCNc1ccncc1S(=O)(=O)NCC(C)CSC. The molecule has 0 spiro atoms. The first kappa shape index (κ1) is 16.3. The summed E-state index contributed by atoms with van der Waals surface area (Å²) >= 11 is 1.71. The highest BCUT2D eigenvalue weighted by atomic mass is 32.2. The molecule has 1 unspecified atom stereocenters. The zero-order valence-corrected chi connectivity index (χ0v) is 13.1. The van der Waals surface area contributed by atoms with Crippen molar-refractivity contribution >= 4 is 27.5 Å². The highest BCUT2D eigenvalue weighted by molar-refractivity contribution is 7.98. The molecule has 0 aliphatic carbocycles. The van der Waals surface area contributed by atoms with Crippen molar-refractivity contribution in [3.8, 4) is 0 Å². The van der Waals surface area contributed by atoms with E-state index < -0.39 is 10.0 Å². The van der Waals surface area contributed by atoms with Crippen LogP contribution in [0.4, 0.5) is 5.69 Å². The lowest BCUT2D eigenvalue weighted by atomic mass is 10.2. The summed E-state index contributed by atoms with van der Waals surface area (Å²) in [7, 11) is -3.51. The van der Waals surface area contributed by atoms with E-state index in [1.54, 1.807) is 24.0 Å². The number of pyridine rings is 1. The molecule has 0 aliphatic rings. The molecule has 0 fully saturated rings. The van der Waals surface area contributed by atoms with Crippen molar-refractivity contribution in [3.63, 3.8) is 0 Å². The molecule has 1 rings (SSSR count). The number of aromatic nitrogens is 1. The van der Waals surface area contributed by atoms with Crippen LogP contribution in [0.3, 0.4) is 0 Å². The first-order valence-electron chi connectivity index (χ1n) is 6.17. The second kappa shape index (κ2) is 7.72. The fourth-order valence-electron chi connectivity index (χ4n) is 1.60. The van der Waals surface area contributed by atoms with Gasteiger partial charge in [-0.25, -0.2) is 13.1 Å². The van der Waals surface area contributed by atoms with Crippen LogP contribution in [0.15, 0.2) is 23.4 Å². The van der Waals surface area contributed by atoms with Crippen molar-refractivity contribution in [1.82, 2.24) is 9.71 Å². The third kappa shape index (κ3) is 5.00. The molecule has 0 amide bonds. The summed E-state index contributed by atoms with van der Waals surface area (Å²) in [5, 5.41) is 3.03. The normalized spacial score (nSPS) is 13.2. The van der Waals surface area contributed by atoms with Gasteiger partial charge in [-0.15, -0.1) is 0 Å². The molecular weight excluding hydrogens is 282 g/mol. The lowest BCUT2D eigenvalue weighted by Crippen LogP contribution is -2.30. The van der Waals surface area contributed by atoms with Gasteiger partial charge in [0.2, 0.25) is 10.0 Å². The van der Waals surface area contributed by atoms with Crippen LogP contribution in [-0.2, 0) is 10.0 Å². The zero-order valence-electron chi connectivity index (χ0n) is 11.5. The van der Waals surface area contributed by atoms with E-state index in [-0.39, 0.29) is 4.90 Å². The molecule has 19 heavy (non-hydrogen) atoms. The van der Waals surface area contributed by atoms with Gasteiger partial charge in [0.25, 0.3) is 0 Å². The number of thioether (sulfide) groups is 1. The highest BCUT2D eigenvalue weighted by Gasteiger charge is 2.19. The summed E-state index contributed by atoms with van der Waals surface area (Å²) in [4.78, 5) is 4.10. The smallest absolute Gasteiger partial charge is 0.244 e. The highest BCUT2D eigenvalue weighted by Crippen LogP contribution is 2.19. The van der Waals surface area contributed by atoms with Crippen LogP contribution in [0.25, 0.3) is 0 Å². The average Bonchev–Trinajstić information content (AvgIpc) is 2.38. The molecule has 0 bridgehead atoms. The van der Waals surface area contributed by atoms with Gasteiger partial charge >= 0.3 is 0 Å². The molecule has 1 atom stereocenters. The molecule has 0 aliphatic heterocycles. The molecule has 108 valence electrons. The quantitative estimate of drug-likeness (QED) is 0.766. The molecule has 0 radical (unpaired) electrons. The lowest BCUT2D eigenvalue weighted by molar-refractivity contribution is 0.562. The maximum atomic E-state index is 12.2. The predicted molar refractivity (Wildman–Crippen MR) is 81.1 cm³/mol. The topological polar surface area (TPSA) is 71.1 Å². The van der Waals surface area contributed by atoms with Gasteiger partial charge in [-0.05, 0) is 30.9 Å². The summed E-state index contributed by atoms with van der Waals surface area (Å²) in [6, 6.07) is 1.67. The average molecular weight is 303 g/mol. The first-order valence-corrected chi connectivity index (χ1v) is 9.05. The third-order valence-electron chi connectivity index (χ3n) is 2.51. The summed E-state index contributed by atoms with van der Waals surface area (Å²) < 4.78 is 27.1. The van der Waals surface area contributed by atoms with Gasteiger partial charge in [-0.2, -0.15) is 11.8 Å². The monoisotopic (exact) mass is 303 g/mol. The van der Waals surface area contributed by atoms with Crippen molar-refractivity contribution < 1.29 is 8.42 Å². The number of hydrogen-bond donors (Lipinski definition) is 2. The van der Waals surface area contributed by atoms with Crippen LogP contribution in [0, 0.1) is 5.92 Å². The van der Waals surface area contributed by atoms with Crippen LogP contribution in [0.2, 0.25) is 0 Å². The van der Waals surface area contributed by atoms with Crippen molar-refractivity contribution in [3.05, 3.63) is 18.5 Å². The largest absolute Gasteiger partial charge is 0.384 e. The minimum absolute atomic E-state index is 0.202. The summed E-state index contributed by atoms with van der Waals surface area (Å²) in [5.74, 6) is 1.22. The van der Waals surface area contributed by atoms with E-state index in [9.17, 15) is 8.42 Å². The molecule has 0 saturated carbocycles. The Morgan fingerprint density at radius 1 is 1.47 bits per heavy atom. The molecule has 1 aromatic heterocycles. The molecule has 0 saturated heterocycles. The fourth-order valence-corrected chi connectivity index (χ4v) is 3.58. The second-order valence-electron chi connectivity index (χ2n) is 4.31. The van der Waals surface area contributed by atoms with Gasteiger partial charge in [0.1, 0.15) is 4.90 Å². The predicted octanol–water partition coefficient (Wildman–Crippen LogP) is 1.79. The number of nitrogens with zero attached hydrogens (tertiary/aromatic N) is 1. The second-order valence-corrected chi connectivity index (χ2v) is 6.96. The number of nitrogens with one attached hydrogen (secondary N) is 2. The number of hydrogen-bond acceptors (Lipinski definition) is 5. The van der Waals surface area contributed by atoms with E-state index in [1.807, 2.05) is 20.1 Å². The molecule has 1 heterocycles. The Labute approximate surface area is 119 Å². The van der Waals surface area contributed by atoms with Gasteiger partial charge in [0.15, 0.2) is 0 Å². The Balaban J connectivity index is 2.82. The van der Waals surface area contributed by atoms with Gasteiger partial charge in [-0.1, -0.05) is 6.92 Å². The number of rotatable bonds is 8. The van der Waals surface area contributed by atoms with Crippen LogP contribution in [0.1, 0.15) is 13.8 Å². The van der Waals surface area contributed by atoms with Gasteiger partial charge in [0, 0.05) is 25.5 Å². The van der Waals surface area contributed by atoms with E-state index >= 15 is 0 Å². The van der Waals surface area contributed by atoms with E-state index in [0.717, 1.165) is 5.75 Å². The molecule has 1 aromatic rings. The molecule has 0 aromatic carbocycles. The Morgan fingerprint density at radius 3 is 2.84 bits per heavy atom. The number of sulfonamides is 1. The maximum Gasteiger partial charge on any atom is 0.244 e. The maximum absolute atomic E-state index is 12.2. The first-order chi connectivity index (χ1) is 9.01. The molecule has 2 N–H and O–H groups in total. The molecule has 7 heteroatoms. The minimum atomic E-state index is -3.51. The van der Waals surface area contributed by atoms with Crippen molar-refractivity contribution in [2.75, 3.05) is 30.4 Å². The summed E-state index contributed by atoms with van der Waals surface area (Å²) in [5.41, 5.74) is 0.586. The van der Waals surface area contributed by atoms with E-state index in [0.29, 0.717) is 24.7 Å². The minimum Gasteiger partial charge on any atom is -0.384 e. The van der Waals surface area contributed by atoms with Crippen LogP contribution >= 0.6 is 11.8 Å². The van der Waals surface area contributed by atoms with E-state index in [2.05, 4.69) is 15.0 Å². The Hall–Kier alpha value is -0.790. The van der Waals surface area contributed by atoms with Crippen LogP contribution in [-0.4, -0.2) is 38.5 Å². The standard InChI is InChI=1S/C12H21N3O2S2/c1-4-14-11-5-6-13-8-12(11)19(16,17)15-7-10(2)9-18-3/h5-6,8,10,15H,4,7,9H2,1-3H3,(H,13,14). The van der Waals surface area contributed by atoms with Crippen LogP contribution in [0.5, 0.6) is 0 Å².